The zero-order valence-corrected chi connectivity index (χ0v) is 15.1. The molecule has 132 valence electrons. The summed E-state index contributed by atoms with van der Waals surface area (Å²) in [5, 5.41) is 13.8. The Hall–Kier alpha value is -1.59. The van der Waals surface area contributed by atoms with Crippen LogP contribution < -0.4 is 5.32 Å². The molecule has 3 rings (SSSR count). The van der Waals surface area contributed by atoms with Gasteiger partial charge in [0.1, 0.15) is 5.75 Å². The summed E-state index contributed by atoms with van der Waals surface area (Å²) < 4.78 is 5.33. The highest BCUT2D eigenvalue weighted by Gasteiger charge is 2.42. The van der Waals surface area contributed by atoms with E-state index in [2.05, 4.69) is 31.0 Å². The Labute approximate surface area is 144 Å². The smallest absolute Gasteiger partial charge is 0.234 e. The molecule has 5 nitrogen and oxygen atoms in total. The van der Waals surface area contributed by atoms with Crippen molar-refractivity contribution in [3.8, 4) is 5.75 Å². The number of hydrogen-bond donors (Lipinski definition) is 2. The number of nitrogens with one attached hydrogen (secondary N) is 1. The van der Waals surface area contributed by atoms with Crippen LogP contribution in [0.25, 0.3) is 0 Å². The molecule has 1 saturated heterocycles. The van der Waals surface area contributed by atoms with Crippen molar-refractivity contribution in [1.29, 1.82) is 0 Å². The number of benzene rings is 1. The lowest BCUT2D eigenvalue weighted by atomic mass is 9.85. The van der Waals surface area contributed by atoms with Crippen LogP contribution in [-0.2, 0) is 16.0 Å². The van der Waals surface area contributed by atoms with Crippen molar-refractivity contribution >= 4 is 5.91 Å². The van der Waals surface area contributed by atoms with Crippen molar-refractivity contribution < 1.29 is 14.6 Å². The molecule has 0 spiro atoms. The van der Waals surface area contributed by atoms with Gasteiger partial charge in [0.15, 0.2) is 0 Å². The van der Waals surface area contributed by atoms with Gasteiger partial charge in [-0.15, -0.1) is 0 Å². The van der Waals surface area contributed by atoms with Gasteiger partial charge in [0, 0.05) is 18.7 Å². The van der Waals surface area contributed by atoms with E-state index in [0.717, 1.165) is 30.6 Å². The molecule has 0 aromatic heterocycles. The summed E-state index contributed by atoms with van der Waals surface area (Å²) in [6.07, 6.45) is 0.866. The molecular formula is C19H28N2O3. The van der Waals surface area contributed by atoms with Gasteiger partial charge in [-0.3, -0.25) is 9.69 Å². The van der Waals surface area contributed by atoms with Crippen LogP contribution in [0.1, 0.15) is 42.1 Å². The fourth-order valence-corrected chi connectivity index (χ4v) is 3.98. The average molecular weight is 332 g/mol. The van der Waals surface area contributed by atoms with Gasteiger partial charge in [0.2, 0.25) is 5.91 Å². The van der Waals surface area contributed by atoms with Crippen molar-refractivity contribution in [2.45, 2.75) is 40.2 Å². The maximum Gasteiger partial charge on any atom is 0.234 e. The van der Waals surface area contributed by atoms with Crippen molar-refractivity contribution in [3.05, 3.63) is 28.3 Å². The van der Waals surface area contributed by atoms with E-state index in [1.54, 1.807) is 0 Å². The van der Waals surface area contributed by atoms with E-state index in [1.807, 2.05) is 13.0 Å². The van der Waals surface area contributed by atoms with E-state index < -0.39 is 0 Å². The number of ether oxygens (including phenoxy) is 1. The second-order valence-corrected chi connectivity index (χ2v) is 7.81. The zero-order valence-electron chi connectivity index (χ0n) is 15.1. The predicted molar refractivity (Wildman–Crippen MR) is 93.2 cm³/mol. The maximum atomic E-state index is 12.6. The minimum Gasteiger partial charge on any atom is -0.507 e. The third-order valence-corrected chi connectivity index (χ3v) is 5.34. The molecule has 0 saturated carbocycles. The number of rotatable bonds is 3. The lowest BCUT2D eigenvalue weighted by molar-refractivity contribution is -0.124. The first kappa shape index (κ1) is 17.2. The molecule has 1 heterocycles. The molecule has 1 aromatic rings. The Morgan fingerprint density at radius 3 is 2.67 bits per heavy atom. The van der Waals surface area contributed by atoms with Crippen LogP contribution in [0.4, 0.5) is 0 Å². The molecule has 0 bridgehead atoms. The molecule has 0 radical (unpaired) electrons. The number of nitrogens with zero attached hydrogens (tertiary/aromatic N) is 1. The second kappa shape index (κ2) is 6.37. The van der Waals surface area contributed by atoms with Crippen molar-refractivity contribution in [3.63, 3.8) is 0 Å². The Balaban J connectivity index is 1.81. The molecule has 24 heavy (non-hydrogen) atoms. The Morgan fingerprint density at radius 2 is 2.00 bits per heavy atom. The molecule has 1 atom stereocenters. The first-order valence-corrected chi connectivity index (χ1v) is 8.71. The third kappa shape index (κ3) is 3.15. The minimum absolute atomic E-state index is 0.0152. The first-order chi connectivity index (χ1) is 11.3. The van der Waals surface area contributed by atoms with Gasteiger partial charge in [-0.05, 0) is 42.4 Å². The lowest BCUT2D eigenvalue weighted by Crippen LogP contribution is -2.45. The van der Waals surface area contributed by atoms with Gasteiger partial charge < -0.3 is 15.2 Å². The van der Waals surface area contributed by atoms with Crippen LogP contribution in [0.15, 0.2) is 6.07 Å². The standard InChI is InChI=1S/C19H28N2O3/c1-12-9-13(2)17(23)16-14(12)10-19(3,4)18(16)20-15(22)11-21-5-7-24-8-6-21/h9,18,23H,5-8,10-11H2,1-4H3,(H,20,22). The number of carbonyl (C=O) groups is 1. The normalized spacial score (nSPS) is 23.1. The first-order valence-electron chi connectivity index (χ1n) is 8.71. The van der Waals surface area contributed by atoms with Gasteiger partial charge in [-0.25, -0.2) is 0 Å². The number of morpholine rings is 1. The monoisotopic (exact) mass is 332 g/mol. The summed E-state index contributed by atoms with van der Waals surface area (Å²) >= 11 is 0. The van der Waals surface area contributed by atoms with E-state index in [4.69, 9.17) is 4.74 Å². The minimum atomic E-state index is -0.153. The Morgan fingerprint density at radius 1 is 1.33 bits per heavy atom. The van der Waals surface area contributed by atoms with Crippen LogP contribution in [0, 0.1) is 19.3 Å². The average Bonchev–Trinajstić information content (AvgIpc) is 2.78. The van der Waals surface area contributed by atoms with Crippen LogP contribution >= 0.6 is 0 Å². The molecular weight excluding hydrogens is 304 g/mol. The third-order valence-electron chi connectivity index (χ3n) is 5.34. The molecule has 1 unspecified atom stereocenters. The zero-order chi connectivity index (χ0) is 17.5. The summed E-state index contributed by atoms with van der Waals surface area (Å²) in [6, 6.07) is 1.88. The summed E-state index contributed by atoms with van der Waals surface area (Å²) in [5.74, 6) is 0.347. The van der Waals surface area contributed by atoms with Gasteiger partial charge in [0.25, 0.3) is 0 Å². The van der Waals surface area contributed by atoms with Crippen LogP contribution in [0.2, 0.25) is 0 Å². The summed E-state index contributed by atoms with van der Waals surface area (Å²) in [4.78, 5) is 14.7. The number of phenolic OH excluding ortho intramolecular Hbond substituents is 1. The fourth-order valence-electron chi connectivity index (χ4n) is 3.98. The SMILES string of the molecule is Cc1cc(C)c2c(c1O)C(NC(=O)CN1CCOCC1)C(C)(C)C2. The number of amides is 1. The number of aryl methyl sites for hydroxylation is 2. The number of aromatic hydroxyl groups is 1. The maximum absolute atomic E-state index is 12.6. The van der Waals surface area contributed by atoms with Gasteiger partial charge >= 0.3 is 0 Å². The molecule has 2 aliphatic rings. The fraction of sp³-hybridized carbons (Fsp3) is 0.632. The molecule has 1 fully saturated rings. The quantitative estimate of drug-likeness (QED) is 0.890. The number of fused-ring (bicyclic) bond motifs is 1. The highest BCUT2D eigenvalue weighted by Crippen LogP contribution is 2.50. The predicted octanol–water partition coefficient (Wildman–Crippen LogP) is 2.08. The van der Waals surface area contributed by atoms with Crippen LogP contribution in [-0.4, -0.2) is 48.8 Å². The van der Waals surface area contributed by atoms with Crippen molar-refractivity contribution in [2.24, 2.45) is 5.41 Å². The summed E-state index contributed by atoms with van der Waals surface area (Å²) in [7, 11) is 0. The number of carbonyl (C=O) groups excluding carboxylic acids is 1. The van der Waals surface area contributed by atoms with E-state index in [0.29, 0.717) is 25.5 Å². The van der Waals surface area contributed by atoms with E-state index in [1.165, 1.54) is 11.1 Å². The topological polar surface area (TPSA) is 61.8 Å². The van der Waals surface area contributed by atoms with Crippen LogP contribution in [0.5, 0.6) is 5.75 Å². The largest absolute Gasteiger partial charge is 0.507 e. The summed E-state index contributed by atoms with van der Waals surface area (Å²) in [5.41, 5.74) is 4.04. The number of hydrogen-bond acceptors (Lipinski definition) is 4. The molecule has 1 aliphatic heterocycles. The molecule has 1 aliphatic carbocycles. The van der Waals surface area contributed by atoms with Crippen LogP contribution in [0.3, 0.4) is 0 Å². The van der Waals surface area contributed by atoms with Crippen molar-refractivity contribution in [2.75, 3.05) is 32.8 Å². The molecule has 1 aromatic carbocycles. The van der Waals surface area contributed by atoms with E-state index in [-0.39, 0.29) is 17.4 Å². The highest BCUT2D eigenvalue weighted by atomic mass is 16.5. The molecule has 1 amide bonds. The van der Waals surface area contributed by atoms with E-state index in [9.17, 15) is 9.90 Å². The Bertz CT molecular complexity index is 649. The number of phenols is 1. The summed E-state index contributed by atoms with van der Waals surface area (Å²) in [6.45, 7) is 11.6. The Kier molecular flexibility index (Phi) is 4.58. The van der Waals surface area contributed by atoms with Gasteiger partial charge in [-0.1, -0.05) is 19.9 Å². The van der Waals surface area contributed by atoms with E-state index >= 15 is 0 Å². The second-order valence-electron chi connectivity index (χ2n) is 7.81. The molecule has 5 heteroatoms. The van der Waals surface area contributed by atoms with Crippen molar-refractivity contribution in [1.82, 2.24) is 10.2 Å². The van der Waals surface area contributed by atoms with Gasteiger partial charge in [0.05, 0.1) is 25.8 Å². The van der Waals surface area contributed by atoms with Gasteiger partial charge in [-0.2, -0.15) is 0 Å². The highest BCUT2D eigenvalue weighted by molar-refractivity contribution is 5.79. The molecule has 2 N–H and O–H groups in total. The lowest BCUT2D eigenvalue weighted by Gasteiger charge is -2.31.